The normalized spacial score (nSPS) is 10.4. The van der Waals surface area contributed by atoms with Crippen molar-refractivity contribution in [2.45, 2.75) is 0 Å². The van der Waals surface area contributed by atoms with Crippen LogP contribution >= 0.6 is 0 Å². The highest BCUT2D eigenvalue weighted by molar-refractivity contribution is 7.80. The molecule has 0 saturated carbocycles. The van der Waals surface area contributed by atoms with Crippen LogP contribution in [0.5, 0.6) is 0 Å². The van der Waals surface area contributed by atoms with Crippen molar-refractivity contribution in [1.82, 2.24) is 15.4 Å². The number of nitrogens with one attached hydrogen (secondary N) is 2. The number of amides is 1. The third-order valence-corrected chi connectivity index (χ3v) is 2.14. The lowest BCUT2D eigenvalue weighted by atomic mass is 10.2. The van der Waals surface area contributed by atoms with Crippen LogP contribution in [-0.4, -0.2) is 30.1 Å². The molecule has 1 aromatic carbocycles. The zero-order valence-corrected chi connectivity index (χ0v) is 10.6. The van der Waals surface area contributed by atoms with Crippen LogP contribution in [0.2, 0.25) is 0 Å². The Morgan fingerprint density at radius 2 is 2.15 bits per heavy atom. The van der Waals surface area contributed by atoms with E-state index in [-0.39, 0.29) is 5.82 Å². The van der Waals surface area contributed by atoms with E-state index in [1.165, 1.54) is 6.20 Å². The molecule has 0 aliphatic rings. The maximum atomic E-state index is 10.8. The Balaban J connectivity index is 0.000000204. The molecule has 0 bridgehead atoms. The summed E-state index contributed by atoms with van der Waals surface area (Å²) in [6.45, 7) is 0. The quantitative estimate of drug-likeness (QED) is 0.375. The summed E-state index contributed by atoms with van der Waals surface area (Å²) in [6, 6.07) is 8.39. The first-order chi connectivity index (χ1) is 9.63. The van der Waals surface area contributed by atoms with Gasteiger partial charge in [-0.05, 0) is 10.6 Å². The molecule has 104 valence electrons. The molecular formula is C9H8N7O3S-. The number of nitrogens with zero attached hydrogens (tertiary/aromatic N) is 5. The predicted molar refractivity (Wildman–Crippen MR) is 68.8 cm³/mol. The molecule has 10 nitrogen and oxygen atoms in total. The summed E-state index contributed by atoms with van der Waals surface area (Å²) in [7, 11) is 0. The topological polar surface area (TPSA) is 160 Å². The molecule has 1 atom stereocenters. The first-order valence-corrected chi connectivity index (χ1v) is 6.07. The van der Waals surface area contributed by atoms with E-state index in [1.807, 2.05) is 4.72 Å². The van der Waals surface area contributed by atoms with Crippen LogP contribution in [-0.2, 0) is 11.3 Å². The second kappa shape index (κ2) is 8.37. The van der Waals surface area contributed by atoms with Gasteiger partial charge in [-0.25, -0.2) is 0 Å². The smallest absolute Gasteiger partial charge is 0.249 e. The lowest BCUT2D eigenvalue weighted by Crippen LogP contribution is -2.01. The van der Waals surface area contributed by atoms with Crippen molar-refractivity contribution in [1.29, 1.82) is 0 Å². The fourth-order valence-electron chi connectivity index (χ4n) is 1.02. The SMILES string of the molecule is O=S([O-])Nc1cn[nH]n1.[N-]=[N+]=NC(=O)c1ccccc1. The van der Waals surface area contributed by atoms with Crippen molar-refractivity contribution >= 4 is 23.0 Å². The Bertz CT molecular complexity index is 610. The van der Waals surface area contributed by atoms with Crippen LogP contribution in [0, 0.1) is 0 Å². The molecule has 0 aliphatic carbocycles. The van der Waals surface area contributed by atoms with Gasteiger partial charge in [0.15, 0.2) is 5.82 Å². The van der Waals surface area contributed by atoms with Crippen LogP contribution in [0.25, 0.3) is 10.4 Å². The number of hydrogen-bond acceptors (Lipinski definition) is 5. The second-order valence-corrected chi connectivity index (χ2v) is 3.73. The predicted octanol–water partition coefficient (Wildman–Crippen LogP) is 1.15. The van der Waals surface area contributed by atoms with E-state index in [0.717, 1.165) is 0 Å². The van der Waals surface area contributed by atoms with E-state index in [1.54, 1.807) is 30.3 Å². The number of carbonyl (C=O) groups excluding carboxylic acids is 1. The van der Waals surface area contributed by atoms with E-state index in [9.17, 15) is 13.6 Å². The van der Waals surface area contributed by atoms with Crippen molar-refractivity contribution in [3.8, 4) is 0 Å². The Kier molecular flexibility index (Phi) is 6.41. The van der Waals surface area contributed by atoms with Gasteiger partial charge in [0.1, 0.15) is 0 Å². The standard InChI is InChI=1S/C7H5N3O.C2H4N4O2S/c8-10-9-7(11)6-4-2-1-3-5-6;7-9(8)5-2-1-3-6-4-2/h1-5H;1H,(H,7,8)(H2,3,4,5,6)/p-1. The minimum absolute atomic E-state index is 0.184. The van der Waals surface area contributed by atoms with Gasteiger partial charge in [0.2, 0.25) is 5.91 Å². The molecule has 1 heterocycles. The van der Waals surface area contributed by atoms with Crippen molar-refractivity contribution in [2.75, 3.05) is 4.72 Å². The van der Waals surface area contributed by atoms with Crippen LogP contribution in [0.3, 0.4) is 0 Å². The number of benzene rings is 1. The van der Waals surface area contributed by atoms with Crippen LogP contribution in [0.4, 0.5) is 5.82 Å². The molecule has 0 spiro atoms. The number of hydrogen-bond donors (Lipinski definition) is 2. The largest absolute Gasteiger partial charge is 0.755 e. The van der Waals surface area contributed by atoms with Gasteiger partial charge in [0.05, 0.1) is 6.20 Å². The highest BCUT2D eigenvalue weighted by atomic mass is 32.2. The molecule has 2 rings (SSSR count). The number of aromatic nitrogens is 3. The summed E-state index contributed by atoms with van der Waals surface area (Å²) in [5, 5.41) is 12.0. The lowest BCUT2D eigenvalue weighted by molar-refractivity contribution is 0.100. The van der Waals surface area contributed by atoms with E-state index in [2.05, 4.69) is 25.4 Å². The van der Waals surface area contributed by atoms with Crippen molar-refractivity contribution in [3.05, 3.63) is 52.5 Å². The minimum atomic E-state index is -2.32. The maximum absolute atomic E-state index is 10.8. The third kappa shape index (κ3) is 5.73. The number of H-pyrrole nitrogens is 1. The fourth-order valence-corrected chi connectivity index (χ4v) is 1.28. The van der Waals surface area contributed by atoms with Gasteiger partial charge in [-0.3, -0.25) is 13.7 Å². The van der Waals surface area contributed by atoms with Crippen molar-refractivity contribution in [2.24, 2.45) is 5.11 Å². The van der Waals surface area contributed by atoms with E-state index < -0.39 is 17.2 Å². The molecule has 0 radical (unpaired) electrons. The zero-order valence-electron chi connectivity index (χ0n) is 9.83. The number of rotatable bonds is 3. The van der Waals surface area contributed by atoms with Gasteiger partial charge < -0.3 is 4.55 Å². The molecule has 0 fully saturated rings. The van der Waals surface area contributed by atoms with E-state index in [0.29, 0.717) is 5.56 Å². The second-order valence-electron chi connectivity index (χ2n) is 3.05. The summed E-state index contributed by atoms with van der Waals surface area (Å²) in [6.07, 6.45) is 1.26. The highest BCUT2D eigenvalue weighted by Crippen LogP contribution is 2.00. The molecular weight excluding hydrogens is 286 g/mol. The summed E-state index contributed by atoms with van der Waals surface area (Å²) in [5.41, 5.74) is 8.34. The highest BCUT2D eigenvalue weighted by Gasteiger charge is 1.98. The summed E-state index contributed by atoms with van der Waals surface area (Å²) < 4.78 is 21.7. The number of azide groups is 1. The number of carbonyl (C=O) groups is 1. The molecule has 0 aliphatic heterocycles. The third-order valence-electron chi connectivity index (χ3n) is 1.76. The van der Waals surface area contributed by atoms with Gasteiger partial charge in [0.25, 0.3) is 0 Å². The molecule has 11 heteroatoms. The van der Waals surface area contributed by atoms with Crippen molar-refractivity contribution < 1.29 is 13.6 Å². The van der Waals surface area contributed by atoms with Gasteiger partial charge in [0, 0.05) is 21.7 Å². The van der Waals surface area contributed by atoms with E-state index >= 15 is 0 Å². The van der Waals surface area contributed by atoms with Crippen molar-refractivity contribution in [3.63, 3.8) is 0 Å². The molecule has 2 N–H and O–H groups in total. The summed E-state index contributed by atoms with van der Waals surface area (Å²) in [5.74, 6) is -0.364. The Hall–Kier alpha value is -2.75. The fraction of sp³-hybridized carbons (Fsp3) is 0. The first kappa shape index (κ1) is 15.3. The zero-order chi connectivity index (χ0) is 14.8. The average Bonchev–Trinajstić information content (AvgIpc) is 2.93. The number of anilines is 1. The Morgan fingerprint density at radius 1 is 1.45 bits per heavy atom. The average molecular weight is 294 g/mol. The molecule has 2 aromatic rings. The monoisotopic (exact) mass is 294 g/mol. The van der Waals surface area contributed by atoms with Crippen LogP contribution < -0.4 is 4.72 Å². The molecule has 20 heavy (non-hydrogen) atoms. The molecule has 0 saturated heterocycles. The first-order valence-electron chi connectivity index (χ1n) is 4.99. The molecule has 1 amide bonds. The molecule has 1 unspecified atom stereocenters. The Labute approximate surface area is 115 Å². The van der Waals surface area contributed by atoms with Gasteiger partial charge >= 0.3 is 0 Å². The van der Waals surface area contributed by atoms with Gasteiger partial charge in [-0.2, -0.15) is 10.3 Å². The van der Waals surface area contributed by atoms with Gasteiger partial charge in [-0.1, -0.05) is 30.3 Å². The summed E-state index contributed by atoms with van der Waals surface area (Å²) >= 11 is -2.32. The van der Waals surface area contributed by atoms with Crippen LogP contribution in [0.1, 0.15) is 10.4 Å². The Morgan fingerprint density at radius 3 is 2.65 bits per heavy atom. The minimum Gasteiger partial charge on any atom is -0.755 e. The number of aromatic amines is 1. The maximum Gasteiger partial charge on any atom is 0.249 e. The van der Waals surface area contributed by atoms with Gasteiger partial charge in [-0.15, -0.1) is 5.10 Å². The molecule has 1 aromatic heterocycles. The van der Waals surface area contributed by atoms with E-state index in [4.69, 9.17) is 5.53 Å². The summed E-state index contributed by atoms with van der Waals surface area (Å²) in [4.78, 5) is 13.2. The van der Waals surface area contributed by atoms with Crippen LogP contribution in [0.15, 0.2) is 41.6 Å². The lowest BCUT2D eigenvalue weighted by Gasteiger charge is -2.01.